The lowest BCUT2D eigenvalue weighted by Gasteiger charge is -2.02. The van der Waals surface area contributed by atoms with E-state index in [4.69, 9.17) is 4.74 Å². The summed E-state index contributed by atoms with van der Waals surface area (Å²) in [5.41, 5.74) is 0.953. The Bertz CT molecular complexity index is 250. The van der Waals surface area contributed by atoms with Gasteiger partial charge in [0.25, 0.3) is 0 Å². The molecular formula is C8H9NO2S. The second-order valence-electron chi connectivity index (χ2n) is 2.17. The summed E-state index contributed by atoms with van der Waals surface area (Å²) in [4.78, 5) is 10.6. The fraction of sp³-hybridized carbons (Fsp3) is 0.125. The summed E-state index contributed by atoms with van der Waals surface area (Å²) in [5, 5.41) is 0. The second-order valence-corrected chi connectivity index (χ2v) is 2.40. The van der Waals surface area contributed by atoms with Crippen molar-refractivity contribution < 1.29 is 9.53 Å². The molecule has 1 aromatic carbocycles. The van der Waals surface area contributed by atoms with Crippen molar-refractivity contribution in [3.63, 3.8) is 0 Å². The predicted octanol–water partition coefficient (Wildman–Crippen LogP) is 1.76. The summed E-state index contributed by atoms with van der Waals surface area (Å²) in [6.45, 7) is 0.271. The molecule has 0 atom stereocenters. The second kappa shape index (κ2) is 4.66. The number of thiol groups is 1. The van der Waals surface area contributed by atoms with Gasteiger partial charge in [0.2, 0.25) is 0 Å². The minimum Gasteiger partial charge on any atom is -0.444 e. The molecule has 0 unspecified atom stereocenters. The lowest BCUT2D eigenvalue weighted by Crippen LogP contribution is -2.13. The highest BCUT2D eigenvalue weighted by Gasteiger charge is 1.97. The number of nitrogens with one attached hydrogen (secondary N) is 1. The van der Waals surface area contributed by atoms with Gasteiger partial charge in [-0.3, -0.25) is 4.72 Å². The van der Waals surface area contributed by atoms with Crippen molar-refractivity contribution in [3.05, 3.63) is 35.9 Å². The Morgan fingerprint density at radius 2 is 2.08 bits per heavy atom. The highest BCUT2D eigenvalue weighted by molar-refractivity contribution is 7.78. The van der Waals surface area contributed by atoms with Crippen LogP contribution < -0.4 is 4.72 Å². The predicted molar refractivity (Wildman–Crippen MR) is 48.7 cm³/mol. The Balaban J connectivity index is 2.38. The Labute approximate surface area is 76.3 Å². The molecule has 0 aliphatic carbocycles. The number of benzene rings is 1. The molecule has 0 radical (unpaired) electrons. The van der Waals surface area contributed by atoms with Crippen LogP contribution in [0.3, 0.4) is 0 Å². The summed E-state index contributed by atoms with van der Waals surface area (Å²) in [6, 6.07) is 9.44. The van der Waals surface area contributed by atoms with E-state index in [1.807, 2.05) is 30.3 Å². The fourth-order valence-electron chi connectivity index (χ4n) is 0.755. The SMILES string of the molecule is O=C(NS)OCc1ccccc1. The quantitative estimate of drug-likeness (QED) is 0.686. The Kier molecular flexibility index (Phi) is 3.47. The van der Waals surface area contributed by atoms with E-state index in [2.05, 4.69) is 17.5 Å². The molecule has 0 bridgehead atoms. The lowest BCUT2D eigenvalue weighted by atomic mass is 10.2. The third-order valence-corrected chi connectivity index (χ3v) is 1.49. The zero-order valence-electron chi connectivity index (χ0n) is 6.36. The Morgan fingerprint density at radius 3 is 2.67 bits per heavy atom. The van der Waals surface area contributed by atoms with Gasteiger partial charge in [-0.05, 0) is 5.56 Å². The first-order chi connectivity index (χ1) is 5.83. The number of hydrogen-bond acceptors (Lipinski definition) is 3. The van der Waals surface area contributed by atoms with Gasteiger partial charge in [0.05, 0.1) is 0 Å². The molecule has 0 saturated carbocycles. The summed E-state index contributed by atoms with van der Waals surface area (Å²) in [6.07, 6.45) is -0.540. The molecule has 0 heterocycles. The number of carbonyl (C=O) groups excluding carboxylic acids is 1. The maximum Gasteiger partial charge on any atom is 0.417 e. The maximum absolute atomic E-state index is 10.6. The van der Waals surface area contributed by atoms with E-state index in [-0.39, 0.29) is 6.61 Å². The topological polar surface area (TPSA) is 38.3 Å². The average molecular weight is 183 g/mol. The average Bonchev–Trinajstić information content (AvgIpc) is 2.16. The molecule has 0 aliphatic heterocycles. The molecule has 0 spiro atoms. The first-order valence-electron chi connectivity index (χ1n) is 3.43. The van der Waals surface area contributed by atoms with Crippen molar-refractivity contribution in [1.82, 2.24) is 4.72 Å². The Hall–Kier alpha value is -1.16. The van der Waals surface area contributed by atoms with Gasteiger partial charge in [-0.15, -0.1) is 0 Å². The molecule has 1 amide bonds. The molecule has 0 fully saturated rings. The molecule has 12 heavy (non-hydrogen) atoms. The van der Waals surface area contributed by atoms with Gasteiger partial charge < -0.3 is 4.74 Å². The van der Waals surface area contributed by atoms with E-state index in [0.29, 0.717) is 0 Å². The van der Waals surface area contributed by atoms with Gasteiger partial charge >= 0.3 is 6.09 Å². The standard InChI is InChI=1S/C8H9NO2S/c10-8(9-12)11-6-7-4-2-1-3-5-7/h1-5,12H,6H2,(H,9,10). The van der Waals surface area contributed by atoms with E-state index in [0.717, 1.165) is 5.56 Å². The summed E-state index contributed by atoms with van der Waals surface area (Å²) >= 11 is 3.54. The molecule has 64 valence electrons. The molecule has 1 rings (SSSR count). The van der Waals surface area contributed by atoms with Crippen LogP contribution in [-0.4, -0.2) is 6.09 Å². The summed E-state index contributed by atoms with van der Waals surface area (Å²) in [5.74, 6) is 0. The van der Waals surface area contributed by atoms with Gasteiger partial charge in [0.1, 0.15) is 6.61 Å². The van der Waals surface area contributed by atoms with Gasteiger partial charge in [0, 0.05) is 0 Å². The number of hydrogen-bond donors (Lipinski definition) is 2. The lowest BCUT2D eigenvalue weighted by molar-refractivity contribution is 0.147. The third kappa shape index (κ3) is 2.84. The van der Waals surface area contributed by atoms with Crippen LogP contribution in [0, 0.1) is 0 Å². The maximum atomic E-state index is 10.6. The van der Waals surface area contributed by atoms with Gasteiger partial charge in [-0.1, -0.05) is 43.1 Å². The molecule has 1 aromatic rings. The van der Waals surface area contributed by atoms with E-state index in [1.165, 1.54) is 0 Å². The minimum atomic E-state index is -0.540. The van der Waals surface area contributed by atoms with Crippen LogP contribution in [-0.2, 0) is 11.3 Å². The first kappa shape index (κ1) is 8.93. The minimum absolute atomic E-state index is 0.271. The van der Waals surface area contributed by atoms with Gasteiger partial charge in [-0.25, -0.2) is 4.79 Å². The van der Waals surface area contributed by atoms with Crippen LogP contribution in [0.25, 0.3) is 0 Å². The zero-order chi connectivity index (χ0) is 8.81. The molecular weight excluding hydrogens is 174 g/mol. The van der Waals surface area contributed by atoms with E-state index in [9.17, 15) is 4.79 Å². The van der Waals surface area contributed by atoms with Gasteiger partial charge in [-0.2, -0.15) is 0 Å². The number of carbonyl (C=O) groups is 1. The highest BCUT2D eigenvalue weighted by atomic mass is 32.1. The summed E-state index contributed by atoms with van der Waals surface area (Å²) in [7, 11) is 0. The summed E-state index contributed by atoms with van der Waals surface area (Å²) < 4.78 is 6.82. The normalized spacial score (nSPS) is 9.08. The van der Waals surface area contributed by atoms with Crippen molar-refractivity contribution in [2.45, 2.75) is 6.61 Å². The van der Waals surface area contributed by atoms with Crippen LogP contribution in [0.2, 0.25) is 0 Å². The van der Waals surface area contributed by atoms with Crippen LogP contribution in [0.15, 0.2) is 30.3 Å². The number of rotatable bonds is 2. The van der Waals surface area contributed by atoms with Crippen molar-refractivity contribution in [2.24, 2.45) is 0 Å². The van der Waals surface area contributed by atoms with E-state index < -0.39 is 6.09 Å². The van der Waals surface area contributed by atoms with Crippen molar-refractivity contribution in [1.29, 1.82) is 0 Å². The highest BCUT2D eigenvalue weighted by Crippen LogP contribution is 2.00. The van der Waals surface area contributed by atoms with Crippen molar-refractivity contribution in [2.75, 3.05) is 0 Å². The monoisotopic (exact) mass is 183 g/mol. The van der Waals surface area contributed by atoms with E-state index in [1.54, 1.807) is 0 Å². The van der Waals surface area contributed by atoms with Crippen molar-refractivity contribution in [3.8, 4) is 0 Å². The largest absolute Gasteiger partial charge is 0.444 e. The zero-order valence-corrected chi connectivity index (χ0v) is 7.25. The fourth-order valence-corrected chi connectivity index (χ4v) is 0.820. The molecule has 3 nitrogen and oxygen atoms in total. The van der Waals surface area contributed by atoms with Crippen molar-refractivity contribution >= 4 is 18.9 Å². The van der Waals surface area contributed by atoms with Crippen LogP contribution >= 0.6 is 12.8 Å². The molecule has 0 aromatic heterocycles. The molecule has 0 saturated heterocycles. The molecule has 0 aliphatic rings. The third-order valence-electron chi connectivity index (χ3n) is 1.30. The van der Waals surface area contributed by atoms with Crippen LogP contribution in [0.1, 0.15) is 5.56 Å². The van der Waals surface area contributed by atoms with Crippen LogP contribution in [0.5, 0.6) is 0 Å². The van der Waals surface area contributed by atoms with Gasteiger partial charge in [0.15, 0.2) is 0 Å². The molecule has 1 N–H and O–H groups in total. The smallest absolute Gasteiger partial charge is 0.417 e. The van der Waals surface area contributed by atoms with E-state index >= 15 is 0 Å². The molecule has 4 heteroatoms. The van der Waals surface area contributed by atoms with Crippen LogP contribution in [0.4, 0.5) is 4.79 Å². The first-order valence-corrected chi connectivity index (χ1v) is 3.88. The Morgan fingerprint density at radius 1 is 1.42 bits per heavy atom. The number of amides is 1. The number of ether oxygens (including phenoxy) is 1.